The van der Waals surface area contributed by atoms with E-state index in [-0.39, 0.29) is 12.1 Å². The van der Waals surface area contributed by atoms with E-state index in [4.69, 9.17) is 15.2 Å². The van der Waals surface area contributed by atoms with E-state index in [1.54, 1.807) is 0 Å². The highest BCUT2D eigenvalue weighted by Gasteiger charge is 2.15. The molecule has 15 heavy (non-hydrogen) atoms. The van der Waals surface area contributed by atoms with Crippen LogP contribution in [-0.2, 0) is 14.3 Å². The monoisotopic (exact) mass is 215 g/mol. The van der Waals surface area contributed by atoms with Crippen molar-refractivity contribution >= 4 is 5.97 Å². The van der Waals surface area contributed by atoms with E-state index in [1.807, 2.05) is 0 Å². The van der Waals surface area contributed by atoms with E-state index in [0.717, 1.165) is 32.3 Å². The van der Waals surface area contributed by atoms with Gasteiger partial charge in [-0.05, 0) is 38.6 Å². The molecule has 1 heterocycles. The number of hydrogen-bond donors (Lipinski definition) is 1. The zero-order chi connectivity index (χ0) is 10.9. The summed E-state index contributed by atoms with van der Waals surface area (Å²) in [4.78, 5) is 11.2. The van der Waals surface area contributed by atoms with Gasteiger partial charge in [0.25, 0.3) is 0 Å². The van der Waals surface area contributed by atoms with Crippen molar-refractivity contribution in [3.05, 3.63) is 0 Å². The summed E-state index contributed by atoms with van der Waals surface area (Å²) < 4.78 is 10.6. The first-order valence-corrected chi connectivity index (χ1v) is 5.80. The molecule has 0 aliphatic carbocycles. The molecule has 0 aromatic rings. The van der Waals surface area contributed by atoms with E-state index in [1.165, 1.54) is 6.42 Å². The zero-order valence-electron chi connectivity index (χ0n) is 9.24. The van der Waals surface area contributed by atoms with Gasteiger partial charge in [-0.1, -0.05) is 0 Å². The Morgan fingerprint density at radius 2 is 2.27 bits per heavy atom. The van der Waals surface area contributed by atoms with Crippen molar-refractivity contribution in [1.82, 2.24) is 0 Å². The van der Waals surface area contributed by atoms with Gasteiger partial charge in [-0.2, -0.15) is 0 Å². The van der Waals surface area contributed by atoms with Crippen molar-refractivity contribution in [2.24, 2.45) is 5.73 Å². The van der Waals surface area contributed by atoms with Gasteiger partial charge in [0.2, 0.25) is 0 Å². The Hall–Kier alpha value is -0.610. The molecule has 1 unspecified atom stereocenters. The smallest absolute Gasteiger partial charge is 0.305 e. The van der Waals surface area contributed by atoms with Crippen molar-refractivity contribution in [3.8, 4) is 0 Å². The average Bonchev–Trinajstić information content (AvgIpc) is 2.28. The highest BCUT2D eigenvalue weighted by atomic mass is 16.6. The first-order chi connectivity index (χ1) is 7.33. The van der Waals surface area contributed by atoms with Crippen LogP contribution >= 0.6 is 0 Å². The minimum Gasteiger partial charge on any atom is -0.463 e. The summed E-state index contributed by atoms with van der Waals surface area (Å²) in [5.74, 6) is -0.127. The second-order valence-electron chi connectivity index (χ2n) is 3.92. The molecule has 0 aromatic heterocycles. The Morgan fingerprint density at radius 3 is 2.93 bits per heavy atom. The maximum atomic E-state index is 11.2. The van der Waals surface area contributed by atoms with E-state index >= 15 is 0 Å². The van der Waals surface area contributed by atoms with Crippen molar-refractivity contribution in [2.75, 3.05) is 19.8 Å². The highest BCUT2D eigenvalue weighted by molar-refractivity contribution is 5.69. The fourth-order valence-corrected chi connectivity index (χ4v) is 1.61. The summed E-state index contributed by atoms with van der Waals surface area (Å²) in [7, 11) is 0. The number of hydrogen-bond acceptors (Lipinski definition) is 4. The Morgan fingerprint density at radius 1 is 1.40 bits per heavy atom. The summed E-state index contributed by atoms with van der Waals surface area (Å²) in [6.45, 7) is 1.86. The third-order valence-corrected chi connectivity index (χ3v) is 2.54. The van der Waals surface area contributed by atoms with Crippen molar-refractivity contribution < 1.29 is 14.3 Å². The molecule has 4 heteroatoms. The summed E-state index contributed by atoms with van der Waals surface area (Å²) >= 11 is 0. The fourth-order valence-electron chi connectivity index (χ4n) is 1.61. The van der Waals surface area contributed by atoms with Crippen LogP contribution in [0.3, 0.4) is 0 Å². The van der Waals surface area contributed by atoms with Crippen LogP contribution in [0.4, 0.5) is 0 Å². The van der Waals surface area contributed by atoms with E-state index in [9.17, 15) is 4.79 Å². The molecule has 4 nitrogen and oxygen atoms in total. The molecule has 0 aromatic carbocycles. The van der Waals surface area contributed by atoms with Crippen LogP contribution < -0.4 is 5.73 Å². The predicted molar refractivity (Wildman–Crippen MR) is 57.5 cm³/mol. The zero-order valence-corrected chi connectivity index (χ0v) is 9.24. The minimum atomic E-state index is -0.127. The molecule has 88 valence electrons. The maximum Gasteiger partial charge on any atom is 0.305 e. The van der Waals surface area contributed by atoms with Gasteiger partial charge in [0, 0.05) is 13.0 Å². The van der Waals surface area contributed by atoms with E-state index in [0.29, 0.717) is 19.6 Å². The Labute approximate surface area is 91.1 Å². The Balaban J connectivity index is 2.00. The number of esters is 1. The van der Waals surface area contributed by atoms with Gasteiger partial charge in [0.05, 0.1) is 6.10 Å². The molecule has 0 spiro atoms. The predicted octanol–water partition coefficient (Wildman–Crippen LogP) is 1.23. The van der Waals surface area contributed by atoms with Crippen LogP contribution in [0, 0.1) is 0 Å². The van der Waals surface area contributed by atoms with Crippen LogP contribution in [0.25, 0.3) is 0 Å². The van der Waals surface area contributed by atoms with Gasteiger partial charge in [0.15, 0.2) is 0 Å². The van der Waals surface area contributed by atoms with E-state index in [2.05, 4.69) is 0 Å². The molecule has 0 radical (unpaired) electrons. The SMILES string of the molecule is NCCCCC(=O)OCC1CCCCO1. The normalized spacial score (nSPS) is 21.3. The number of nitrogens with two attached hydrogens (primary N) is 1. The molecular weight excluding hydrogens is 194 g/mol. The Bertz CT molecular complexity index is 179. The van der Waals surface area contributed by atoms with Crippen LogP contribution in [0.2, 0.25) is 0 Å². The van der Waals surface area contributed by atoms with Gasteiger partial charge in [-0.3, -0.25) is 4.79 Å². The van der Waals surface area contributed by atoms with Crippen LogP contribution in [0.15, 0.2) is 0 Å². The molecular formula is C11H21NO3. The topological polar surface area (TPSA) is 61.6 Å². The lowest BCUT2D eigenvalue weighted by Crippen LogP contribution is -2.25. The summed E-state index contributed by atoms with van der Waals surface area (Å²) in [5, 5.41) is 0. The third kappa shape index (κ3) is 5.74. The molecule has 1 aliphatic rings. The lowest BCUT2D eigenvalue weighted by Gasteiger charge is -2.22. The summed E-state index contributed by atoms with van der Waals surface area (Å²) in [6.07, 6.45) is 5.61. The maximum absolute atomic E-state index is 11.2. The first-order valence-electron chi connectivity index (χ1n) is 5.80. The molecule has 1 aliphatic heterocycles. The number of unbranched alkanes of at least 4 members (excludes halogenated alkanes) is 1. The van der Waals surface area contributed by atoms with E-state index < -0.39 is 0 Å². The minimum absolute atomic E-state index is 0.122. The Kier molecular flexibility index (Phi) is 6.36. The highest BCUT2D eigenvalue weighted by Crippen LogP contribution is 2.13. The summed E-state index contributed by atoms with van der Waals surface area (Å²) in [5.41, 5.74) is 5.33. The molecule has 1 fully saturated rings. The van der Waals surface area contributed by atoms with Crippen molar-refractivity contribution in [3.63, 3.8) is 0 Å². The second-order valence-corrected chi connectivity index (χ2v) is 3.92. The molecule has 0 amide bonds. The number of carbonyl (C=O) groups excluding carboxylic acids is 1. The van der Waals surface area contributed by atoms with Gasteiger partial charge in [0.1, 0.15) is 6.61 Å². The largest absolute Gasteiger partial charge is 0.463 e. The second kappa shape index (κ2) is 7.65. The number of rotatable bonds is 6. The standard InChI is InChI=1S/C11H21NO3/c12-7-3-1-6-11(13)15-9-10-5-2-4-8-14-10/h10H,1-9,12H2. The molecule has 1 saturated heterocycles. The van der Waals surface area contributed by atoms with Gasteiger partial charge in [-0.15, -0.1) is 0 Å². The molecule has 1 rings (SSSR count). The van der Waals surface area contributed by atoms with Crippen LogP contribution in [-0.4, -0.2) is 31.8 Å². The average molecular weight is 215 g/mol. The van der Waals surface area contributed by atoms with Crippen LogP contribution in [0.1, 0.15) is 38.5 Å². The van der Waals surface area contributed by atoms with Crippen LogP contribution in [0.5, 0.6) is 0 Å². The van der Waals surface area contributed by atoms with Gasteiger partial charge >= 0.3 is 5.97 Å². The number of ether oxygens (including phenoxy) is 2. The van der Waals surface area contributed by atoms with Gasteiger partial charge < -0.3 is 15.2 Å². The fraction of sp³-hybridized carbons (Fsp3) is 0.909. The van der Waals surface area contributed by atoms with Crippen molar-refractivity contribution in [2.45, 2.75) is 44.6 Å². The molecule has 1 atom stereocenters. The summed E-state index contributed by atoms with van der Waals surface area (Å²) in [6, 6.07) is 0. The van der Waals surface area contributed by atoms with Gasteiger partial charge in [-0.25, -0.2) is 0 Å². The quantitative estimate of drug-likeness (QED) is 0.534. The first kappa shape index (κ1) is 12.5. The molecule has 0 bridgehead atoms. The lowest BCUT2D eigenvalue weighted by molar-refractivity contribution is -0.149. The molecule has 2 N–H and O–H groups in total. The van der Waals surface area contributed by atoms with Crippen molar-refractivity contribution in [1.29, 1.82) is 0 Å². The number of carbonyl (C=O) groups is 1. The third-order valence-electron chi connectivity index (χ3n) is 2.54. The lowest BCUT2D eigenvalue weighted by atomic mass is 10.1. The molecule has 0 saturated carbocycles.